The number of halogens is 1. The van der Waals surface area contributed by atoms with Crippen LogP contribution in [0.25, 0.3) is 21.5 Å². The van der Waals surface area contributed by atoms with Crippen LogP contribution >= 0.6 is 23.5 Å². The van der Waals surface area contributed by atoms with Crippen molar-refractivity contribution < 1.29 is 9.13 Å². The fourth-order valence-electron chi connectivity index (χ4n) is 3.13. The third-order valence-corrected chi connectivity index (χ3v) is 6.00. The van der Waals surface area contributed by atoms with Gasteiger partial charge in [-0.25, -0.2) is 9.37 Å². The van der Waals surface area contributed by atoms with Crippen molar-refractivity contribution >= 4 is 39.3 Å². The van der Waals surface area contributed by atoms with Gasteiger partial charge in [-0.1, -0.05) is 42.6 Å². The number of aromatic amines is 1. The summed E-state index contributed by atoms with van der Waals surface area (Å²) >= 11 is 3.04. The Morgan fingerprint density at radius 1 is 1.26 bits per heavy atom. The number of rotatable bonds is 7. The third kappa shape index (κ3) is 5.75. The summed E-state index contributed by atoms with van der Waals surface area (Å²) in [6, 6.07) is 12.1. The van der Waals surface area contributed by atoms with Gasteiger partial charge in [0, 0.05) is 0 Å². The molecule has 0 saturated heterocycles. The lowest BCUT2D eigenvalue weighted by Crippen LogP contribution is -2.11. The lowest BCUT2D eigenvalue weighted by molar-refractivity contribution is 0.413. The standard InChI is InChI=1S/C14H15N3OS.C10H9FN2OS/c1-4-13(19-5-2)14-16-15-10-17(14)11-8-6-7-9-12(11)18-3;1-15-5-8-12-9-6(10(14)13-8)3-2-4-7(9)11/h4-10H,2H2,1,3H3;2-4H,5H2,1H3,(H,12,13,14)/b13-4-;. The van der Waals surface area contributed by atoms with Crippen LogP contribution in [0, 0.1) is 5.82 Å². The second-order valence-corrected chi connectivity index (χ2v) is 8.59. The molecule has 0 atom stereocenters. The maximum absolute atomic E-state index is 13.4. The number of benzene rings is 2. The summed E-state index contributed by atoms with van der Waals surface area (Å²) in [7, 11) is 1.65. The number of nitrogens with zero attached hydrogens (tertiary/aromatic N) is 4. The number of hydrogen-bond donors (Lipinski definition) is 1. The quantitative estimate of drug-likeness (QED) is 0.364. The first-order valence-corrected chi connectivity index (χ1v) is 12.4. The molecule has 0 bridgehead atoms. The molecular weight excluding hydrogens is 473 g/mol. The first-order chi connectivity index (χ1) is 16.5. The van der Waals surface area contributed by atoms with Gasteiger partial charge >= 0.3 is 0 Å². The van der Waals surface area contributed by atoms with Crippen LogP contribution in [0.2, 0.25) is 0 Å². The van der Waals surface area contributed by atoms with Crippen molar-refractivity contribution in [2.24, 2.45) is 0 Å². The predicted octanol–water partition coefficient (Wildman–Crippen LogP) is 5.44. The summed E-state index contributed by atoms with van der Waals surface area (Å²) < 4.78 is 20.6. The van der Waals surface area contributed by atoms with E-state index in [9.17, 15) is 9.18 Å². The molecule has 10 heteroatoms. The number of aromatic nitrogens is 5. The van der Waals surface area contributed by atoms with E-state index in [1.54, 1.807) is 24.9 Å². The van der Waals surface area contributed by atoms with Crippen molar-refractivity contribution in [2.75, 3.05) is 13.4 Å². The molecule has 0 aliphatic carbocycles. The van der Waals surface area contributed by atoms with Crippen LogP contribution in [-0.2, 0) is 5.75 Å². The molecule has 0 radical (unpaired) electrons. The van der Waals surface area contributed by atoms with E-state index in [4.69, 9.17) is 4.74 Å². The predicted molar refractivity (Wildman–Crippen MR) is 139 cm³/mol. The van der Waals surface area contributed by atoms with Crippen molar-refractivity contribution in [1.82, 2.24) is 24.7 Å². The van der Waals surface area contributed by atoms with E-state index in [-0.39, 0.29) is 11.1 Å². The number of methoxy groups -OCH3 is 1. The highest BCUT2D eigenvalue weighted by Crippen LogP contribution is 2.30. The van der Waals surface area contributed by atoms with E-state index in [1.165, 1.54) is 35.7 Å². The summed E-state index contributed by atoms with van der Waals surface area (Å²) in [5.41, 5.74) is 0.767. The summed E-state index contributed by atoms with van der Waals surface area (Å²) in [4.78, 5) is 19.3. The molecule has 0 amide bonds. The highest BCUT2D eigenvalue weighted by atomic mass is 32.2. The van der Waals surface area contributed by atoms with Gasteiger partial charge in [-0.05, 0) is 42.9 Å². The Kier molecular flexibility index (Phi) is 9.06. The van der Waals surface area contributed by atoms with E-state index in [0.29, 0.717) is 17.0 Å². The molecule has 4 aromatic rings. The Morgan fingerprint density at radius 3 is 2.76 bits per heavy atom. The van der Waals surface area contributed by atoms with E-state index in [1.807, 2.05) is 48.1 Å². The van der Waals surface area contributed by atoms with Crippen LogP contribution in [0.3, 0.4) is 0 Å². The molecule has 0 aliphatic heterocycles. The molecule has 1 N–H and O–H groups in total. The number of hydrogen-bond acceptors (Lipinski definition) is 7. The topological polar surface area (TPSA) is 85.7 Å². The van der Waals surface area contributed by atoms with Crippen LogP contribution in [0.5, 0.6) is 5.75 Å². The van der Waals surface area contributed by atoms with Crippen molar-refractivity contribution in [3.63, 3.8) is 0 Å². The van der Waals surface area contributed by atoms with Crippen molar-refractivity contribution in [1.29, 1.82) is 0 Å². The first kappa shape index (κ1) is 25.3. The Labute approximate surface area is 205 Å². The van der Waals surface area contributed by atoms with Gasteiger partial charge in [0.1, 0.15) is 29.2 Å². The number of fused-ring (bicyclic) bond motifs is 1. The van der Waals surface area contributed by atoms with Crippen LogP contribution < -0.4 is 10.3 Å². The largest absolute Gasteiger partial charge is 0.495 e. The monoisotopic (exact) mass is 497 g/mol. The second kappa shape index (κ2) is 12.2. The summed E-state index contributed by atoms with van der Waals surface area (Å²) in [5.74, 6) is 2.17. The third-order valence-electron chi connectivity index (χ3n) is 4.60. The van der Waals surface area contributed by atoms with Crippen LogP contribution in [0.4, 0.5) is 4.39 Å². The van der Waals surface area contributed by atoms with Gasteiger partial charge in [0.05, 0.1) is 28.8 Å². The zero-order chi connectivity index (χ0) is 24.5. The van der Waals surface area contributed by atoms with Gasteiger partial charge in [-0.2, -0.15) is 11.8 Å². The Bertz CT molecular complexity index is 1370. The highest BCUT2D eigenvalue weighted by Gasteiger charge is 2.13. The minimum Gasteiger partial charge on any atom is -0.495 e. The van der Waals surface area contributed by atoms with Gasteiger partial charge in [0.25, 0.3) is 5.56 Å². The molecule has 0 fully saturated rings. The van der Waals surface area contributed by atoms with Crippen LogP contribution in [0.1, 0.15) is 18.6 Å². The normalized spacial score (nSPS) is 11.1. The number of para-hydroxylation sites is 3. The first-order valence-electron chi connectivity index (χ1n) is 10.2. The number of thioether (sulfide) groups is 2. The van der Waals surface area contributed by atoms with Gasteiger partial charge in [-0.3, -0.25) is 9.36 Å². The number of ether oxygens (including phenoxy) is 1. The molecule has 2 aromatic heterocycles. The van der Waals surface area contributed by atoms with E-state index in [0.717, 1.165) is 22.2 Å². The van der Waals surface area contributed by atoms with Gasteiger partial charge in [0.15, 0.2) is 5.82 Å². The maximum Gasteiger partial charge on any atom is 0.258 e. The molecule has 7 nitrogen and oxygen atoms in total. The number of H-pyrrole nitrogens is 1. The molecule has 34 heavy (non-hydrogen) atoms. The fraction of sp³-hybridized carbons (Fsp3) is 0.167. The molecule has 0 spiro atoms. The zero-order valence-electron chi connectivity index (χ0n) is 19.0. The van der Waals surface area contributed by atoms with Crippen molar-refractivity contribution in [3.05, 3.63) is 94.7 Å². The van der Waals surface area contributed by atoms with Crippen molar-refractivity contribution in [2.45, 2.75) is 12.7 Å². The molecule has 2 heterocycles. The SMILES string of the molecule is C=CS/C(=C\C)c1nncn1-c1ccccc1OC.CSCc1nc2c(F)cccc2c(=O)[nH]1. The van der Waals surface area contributed by atoms with E-state index < -0.39 is 5.82 Å². The smallest absolute Gasteiger partial charge is 0.258 e. The second-order valence-electron chi connectivity index (χ2n) is 6.72. The molecule has 0 saturated carbocycles. The minimum absolute atomic E-state index is 0.144. The average molecular weight is 498 g/mol. The Balaban J connectivity index is 0.000000196. The molecule has 0 unspecified atom stereocenters. The van der Waals surface area contributed by atoms with Crippen LogP contribution in [-0.4, -0.2) is 38.1 Å². The summed E-state index contributed by atoms with van der Waals surface area (Å²) in [6.45, 7) is 5.70. The molecule has 4 rings (SSSR count). The molecule has 2 aromatic carbocycles. The molecule has 0 aliphatic rings. The lowest BCUT2D eigenvalue weighted by atomic mass is 10.2. The highest BCUT2D eigenvalue weighted by molar-refractivity contribution is 8.10. The lowest BCUT2D eigenvalue weighted by Gasteiger charge is -2.11. The Morgan fingerprint density at radius 2 is 2.06 bits per heavy atom. The summed E-state index contributed by atoms with van der Waals surface area (Å²) in [6.07, 6.45) is 5.56. The fourth-order valence-corrected chi connectivity index (χ4v) is 4.10. The average Bonchev–Trinajstić information content (AvgIpc) is 3.33. The number of allylic oxidation sites excluding steroid dienone is 1. The summed E-state index contributed by atoms with van der Waals surface area (Å²) in [5, 5.41) is 10.2. The van der Waals surface area contributed by atoms with Crippen molar-refractivity contribution in [3.8, 4) is 11.4 Å². The maximum atomic E-state index is 13.4. The Hall–Kier alpha value is -3.37. The minimum atomic E-state index is -0.457. The zero-order valence-corrected chi connectivity index (χ0v) is 20.6. The number of nitrogens with one attached hydrogen (secondary N) is 1. The van der Waals surface area contributed by atoms with Gasteiger partial charge < -0.3 is 9.72 Å². The van der Waals surface area contributed by atoms with E-state index >= 15 is 0 Å². The van der Waals surface area contributed by atoms with Gasteiger partial charge in [-0.15, -0.1) is 10.2 Å². The molecule has 176 valence electrons. The van der Waals surface area contributed by atoms with E-state index in [2.05, 4.69) is 26.7 Å². The van der Waals surface area contributed by atoms with Crippen LogP contribution in [0.15, 0.2) is 71.6 Å². The molecular formula is C24H24FN5O2S2. The van der Waals surface area contributed by atoms with Gasteiger partial charge in [0.2, 0.25) is 0 Å².